The molecule has 4 aromatic carbocycles. The van der Waals surface area contributed by atoms with Crippen molar-refractivity contribution in [3.05, 3.63) is 60.4 Å². The summed E-state index contributed by atoms with van der Waals surface area (Å²) in [6.45, 7) is 7.71. The second kappa shape index (κ2) is 16.9. The summed E-state index contributed by atoms with van der Waals surface area (Å²) in [6, 6.07) is 10.7. The average Bonchev–Trinajstić information content (AvgIpc) is 2.99. The zero-order chi connectivity index (χ0) is 35.6. The monoisotopic (exact) mass is 764 g/mol. The van der Waals surface area contributed by atoms with Crippen LogP contribution in [0.4, 0.5) is 29.0 Å². The van der Waals surface area contributed by atoms with Crippen molar-refractivity contribution in [2.75, 3.05) is 17.2 Å². The molecule has 1 heterocycles. The van der Waals surface area contributed by atoms with Gasteiger partial charge in [0.25, 0.3) is 0 Å². The highest BCUT2D eigenvalue weighted by molar-refractivity contribution is 7.86. The third-order valence-corrected chi connectivity index (χ3v) is 8.97. The quantitative estimate of drug-likeness (QED) is 0.108. The summed E-state index contributed by atoms with van der Waals surface area (Å²) in [5.41, 5.74) is -1.85. The van der Waals surface area contributed by atoms with Crippen LogP contribution in [-0.4, -0.2) is 65.5 Å². The van der Waals surface area contributed by atoms with Crippen molar-refractivity contribution >= 4 is 80.9 Å². The van der Waals surface area contributed by atoms with Gasteiger partial charge in [0, 0.05) is 17.3 Å². The van der Waals surface area contributed by atoms with Gasteiger partial charge in [-0.2, -0.15) is 15.0 Å². The highest BCUT2D eigenvalue weighted by Gasteiger charge is 2.23. The van der Waals surface area contributed by atoms with Gasteiger partial charge in [-0.05, 0) is 48.9 Å². The number of fused-ring (bicyclic) bond motifs is 2. The fourth-order valence-electron chi connectivity index (χ4n) is 4.56. The van der Waals surface area contributed by atoms with Crippen molar-refractivity contribution in [3.63, 3.8) is 0 Å². The van der Waals surface area contributed by atoms with Crippen molar-refractivity contribution in [1.29, 1.82) is 0 Å². The number of aryl methyl sites for hydroxylation is 1. The molecule has 0 bridgehead atoms. The van der Waals surface area contributed by atoms with Gasteiger partial charge < -0.3 is 29.4 Å². The maximum absolute atomic E-state index is 12.3. The molecule has 3 N–H and O–H groups in total. The molecular formula is C31H38N7O10S3-3. The largest absolute Gasteiger partial charge is 0.744 e. The summed E-state index contributed by atoms with van der Waals surface area (Å²) >= 11 is 0. The van der Waals surface area contributed by atoms with E-state index in [0.717, 1.165) is 18.2 Å². The minimum atomic E-state index is -5.50. The maximum Gasteiger partial charge on any atom is 0.232 e. The molecule has 5 aromatic rings. The number of benzene rings is 4. The molecule has 0 radical (unpaired) electrons. The van der Waals surface area contributed by atoms with Crippen molar-refractivity contribution in [1.82, 2.24) is 15.0 Å². The summed E-state index contributed by atoms with van der Waals surface area (Å²) in [5, 5.41) is 23.9. The predicted octanol–water partition coefficient (Wildman–Crippen LogP) is 6.43. The smallest absolute Gasteiger partial charge is 0.232 e. The molecule has 51 heavy (non-hydrogen) atoms. The Balaban J connectivity index is 0.00000256. The van der Waals surface area contributed by atoms with E-state index in [2.05, 4.69) is 35.8 Å². The topological polar surface area (TPSA) is 279 Å². The SMILES string of the molecule is C.C.C.CC.CCNc1nc(C)nc(Nc2cc(S(=O)(=O)[O-])cc3cc(S(=O)(=O)[O-])c(N=Nc4ccc5ccccc5c4S(=O)(=O)[O-])c(O)c23)n1. The summed E-state index contributed by atoms with van der Waals surface area (Å²) < 4.78 is 110. The standard InChI is InChI=1S/C26H23N7O10S3.C2H6.3CH4/c1-3-27-25-28-13(2)29-26(31-25)30-19-12-16(44(35,36)37)10-15-11-20(45(38,39)40)22(23(34)21(15)19)33-32-18-9-8-14-6-4-5-7-17(14)24(18)46(41,42)43;1-2;;;/h4-12,34H,3H2,1-2H3,(H,35,36,37)(H,38,39,40)(H,41,42,43)(H2,27,28,29,30,31);1-2H3;3*1H4/p-3. The van der Waals surface area contributed by atoms with E-state index in [1.165, 1.54) is 31.2 Å². The van der Waals surface area contributed by atoms with E-state index in [0.29, 0.717) is 18.0 Å². The van der Waals surface area contributed by atoms with Gasteiger partial charge in [0.05, 0.1) is 20.4 Å². The number of phenolic OH excluding ortho intramolecular Hbond substituents is 1. The summed E-state index contributed by atoms with van der Waals surface area (Å²) in [6.07, 6.45) is 0. The molecule has 1 aromatic heterocycles. The van der Waals surface area contributed by atoms with Gasteiger partial charge in [-0.15, -0.1) is 10.2 Å². The third-order valence-electron chi connectivity index (χ3n) is 6.38. The van der Waals surface area contributed by atoms with Crippen LogP contribution in [-0.2, 0) is 30.4 Å². The molecule has 0 aliphatic rings. The van der Waals surface area contributed by atoms with Crippen molar-refractivity contribution in [2.45, 2.75) is 64.7 Å². The van der Waals surface area contributed by atoms with Crippen molar-refractivity contribution < 1.29 is 44.0 Å². The van der Waals surface area contributed by atoms with Crippen LogP contribution >= 0.6 is 0 Å². The number of aromatic hydroxyl groups is 1. The number of hydrogen-bond acceptors (Lipinski definition) is 17. The van der Waals surface area contributed by atoms with Crippen LogP contribution in [0, 0.1) is 6.92 Å². The molecule has 0 spiro atoms. The van der Waals surface area contributed by atoms with Gasteiger partial charge in [0.2, 0.25) is 11.9 Å². The highest BCUT2D eigenvalue weighted by atomic mass is 32.2. The fourth-order valence-corrected chi connectivity index (χ4v) is 6.56. The molecule has 278 valence electrons. The number of aromatic nitrogens is 3. The number of phenols is 1. The molecule has 0 atom stereocenters. The van der Waals surface area contributed by atoms with Gasteiger partial charge in [0.1, 0.15) is 47.6 Å². The molecule has 0 aliphatic heterocycles. The number of rotatable bonds is 9. The van der Waals surface area contributed by atoms with E-state index in [9.17, 15) is 44.0 Å². The van der Waals surface area contributed by atoms with Gasteiger partial charge in [0.15, 0.2) is 5.75 Å². The Hall–Kier alpha value is -4.86. The Morgan fingerprint density at radius 2 is 1.39 bits per heavy atom. The lowest BCUT2D eigenvalue weighted by molar-refractivity contribution is 0.458. The second-order valence-electron chi connectivity index (χ2n) is 9.52. The van der Waals surface area contributed by atoms with Crippen LogP contribution in [0.1, 0.15) is 48.9 Å². The van der Waals surface area contributed by atoms with E-state index in [1.54, 1.807) is 13.0 Å². The van der Waals surface area contributed by atoms with E-state index in [1.807, 2.05) is 13.8 Å². The second-order valence-corrected chi connectivity index (χ2v) is 13.6. The first-order valence-electron chi connectivity index (χ1n) is 13.9. The lowest BCUT2D eigenvalue weighted by Crippen LogP contribution is -2.08. The lowest BCUT2D eigenvalue weighted by Gasteiger charge is -2.18. The molecule has 0 aliphatic carbocycles. The first-order valence-corrected chi connectivity index (χ1v) is 18.1. The van der Waals surface area contributed by atoms with E-state index in [-0.39, 0.29) is 56.5 Å². The first-order chi connectivity index (χ1) is 22.5. The van der Waals surface area contributed by atoms with E-state index in [4.69, 9.17) is 0 Å². The predicted molar refractivity (Wildman–Crippen MR) is 191 cm³/mol. The van der Waals surface area contributed by atoms with Gasteiger partial charge in [-0.3, -0.25) is 0 Å². The maximum atomic E-state index is 12.3. The molecule has 0 unspecified atom stereocenters. The Morgan fingerprint density at radius 3 is 1.98 bits per heavy atom. The molecule has 20 heteroatoms. The molecule has 0 saturated carbocycles. The Labute approximate surface area is 297 Å². The van der Waals surface area contributed by atoms with Crippen LogP contribution in [0.15, 0.2) is 79.5 Å². The molecule has 0 fully saturated rings. The van der Waals surface area contributed by atoms with E-state index < -0.39 is 67.6 Å². The number of nitrogens with one attached hydrogen (secondary N) is 2. The van der Waals surface area contributed by atoms with Crippen LogP contribution in [0.2, 0.25) is 0 Å². The lowest BCUT2D eigenvalue weighted by atomic mass is 10.1. The van der Waals surface area contributed by atoms with Gasteiger partial charge in [-0.25, -0.2) is 25.3 Å². The normalized spacial score (nSPS) is 11.5. The number of anilines is 3. The van der Waals surface area contributed by atoms with Crippen molar-refractivity contribution in [3.8, 4) is 5.75 Å². The van der Waals surface area contributed by atoms with E-state index >= 15 is 0 Å². The zero-order valence-corrected chi connectivity index (χ0v) is 27.9. The minimum Gasteiger partial charge on any atom is -0.744 e. The van der Waals surface area contributed by atoms with Crippen LogP contribution in [0.25, 0.3) is 21.5 Å². The zero-order valence-electron chi connectivity index (χ0n) is 25.5. The van der Waals surface area contributed by atoms with Crippen LogP contribution in [0.5, 0.6) is 5.75 Å². The summed E-state index contributed by atoms with van der Waals surface area (Å²) in [7, 11) is -15.9. The van der Waals surface area contributed by atoms with Crippen molar-refractivity contribution in [2.24, 2.45) is 10.2 Å². The summed E-state index contributed by atoms with van der Waals surface area (Å²) in [5.74, 6) is -0.900. The molecule has 0 saturated heterocycles. The molecule has 5 rings (SSSR count). The van der Waals surface area contributed by atoms with Crippen LogP contribution < -0.4 is 10.6 Å². The number of nitrogens with zero attached hydrogens (tertiary/aromatic N) is 5. The Kier molecular flexibility index (Phi) is 14.6. The third kappa shape index (κ3) is 9.68. The Bertz CT molecular complexity index is 2420. The summed E-state index contributed by atoms with van der Waals surface area (Å²) in [4.78, 5) is 9.45. The molecule has 0 amide bonds. The molecular weight excluding hydrogens is 727 g/mol. The number of azo groups is 1. The fraction of sp³-hybridized carbons (Fsp3) is 0.258. The highest BCUT2D eigenvalue weighted by Crippen LogP contribution is 2.46. The first kappa shape index (κ1) is 44.2. The van der Waals surface area contributed by atoms with Gasteiger partial charge in [-0.1, -0.05) is 66.5 Å². The van der Waals surface area contributed by atoms with Crippen LogP contribution in [0.3, 0.4) is 0 Å². The molecule has 17 nitrogen and oxygen atoms in total. The van der Waals surface area contributed by atoms with Gasteiger partial charge >= 0.3 is 0 Å². The minimum absolute atomic E-state index is 0. The average molecular weight is 765 g/mol. The Morgan fingerprint density at radius 1 is 0.765 bits per heavy atom. The number of hydrogen-bond donors (Lipinski definition) is 3.